The lowest BCUT2D eigenvalue weighted by Crippen LogP contribution is -2.26. The van der Waals surface area contributed by atoms with Gasteiger partial charge in [0.25, 0.3) is 0 Å². The van der Waals surface area contributed by atoms with Crippen LogP contribution in [-0.2, 0) is 0 Å². The molecule has 0 unspecified atom stereocenters. The summed E-state index contributed by atoms with van der Waals surface area (Å²) in [4.78, 5) is 17.3. The Bertz CT molecular complexity index is 355. The Morgan fingerprint density at radius 1 is 1.22 bits per heavy atom. The molecule has 18 heavy (non-hydrogen) atoms. The molecule has 0 aliphatic heterocycles. The molecule has 0 saturated carbocycles. The number of aromatic carboxylic acids is 1. The Labute approximate surface area is 109 Å². The zero-order chi connectivity index (χ0) is 13.4. The predicted octanol–water partition coefficient (Wildman–Crippen LogP) is 3.19. The van der Waals surface area contributed by atoms with E-state index in [1.807, 2.05) is 0 Å². The highest BCUT2D eigenvalue weighted by Crippen LogP contribution is 2.13. The molecule has 1 heterocycles. The molecule has 0 aliphatic rings. The zero-order valence-corrected chi connectivity index (χ0v) is 11.2. The van der Waals surface area contributed by atoms with Gasteiger partial charge in [0.15, 0.2) is 0 Å². The normalized spacial score (nSPS) is 10.3. The summed E-state index contributed by atoms with van der Waals surface area (Å²) in [6.45, 7) is 6.30. The van der Waals surface area contributed by atoms with Gasteiger partial charge in [0, 0.05) is 19.3 Å². The highest BCUT2D eigenvalue weighted by atomic mass is 16.4. The number of unbranched alkanes of at least 4 members (excludes halogenated alkanes) is 2. The summed E-state index contributed by atoms with van der Waals surface area (Å²) >= 11 is 0. The van der Waals surface area contributed by atoms with Gasteiger partial charge in [0.2, 0.25) is 0 Å². The van der Waals surface area contributed by atoms with E-state index in [-0.39, 0.29) is 5.56 Å². The van der Waals surface area contributed by atoms with Crippen LogP contribution >= 0.6 is 0 Å². The summed E-state index contributed by atoms with van der Waals surface area (Å²) in [6.07, 6.45) is 5.99. The maximum Gasteiger partial charge on any atom is 0.337 e. The smallest absolute Gasteiger partial charge is 0.337 e. The highest BCUT2D eigenvalue weighted by molar-refractivity contribution is 5.87. The molecular formula is C14H22N2O2. The van der Waals surface area contributed by atoms with E-state index in [4.69, 9.17) is 5.11 Å². The molecule has 0 bridgehead atoms. The quantitative estimate of drug-likeness (QED) is 0.770. The second-order valence-electron chi connectivity index (χ2n) is 4.40. The summed E-state index contributed by atoms with van der Waals surface area (Å²) in [7, 11) is 0. The van der Waals surface area contributed by atoms with Gasteiger partial charge in [0.1, 0.15) is 5.82 Å². The third-order valence-electron chi connectivity index (χ3n) is 2.88. The number of anilines is 1. The molecule has 0 saturated heterocycles. The number of hydrogen-bond acceptors (Lipinski definition) is 3. The second-order valence-corrected chi connectivity index (χ2v) is 4.40. The summed E-state index contributed by atoms with van der Waals surface area (Å²) in [5.74, 6) is -0.0513. The molecule has 0 fully saturated rings. The number of carbonyl (C=O) groups is 1. The predicted molar refractivity (Wildman–Crippen MR) is 73.2 cm³/mol. The van der Waals surface area contributed by atoms with Gasteiger partial charge in [-0.1, -0.05) is 26.7 Å². The van der Waals surface area contributed by atoms with E-state index in [1.54, 1.807) is 12.1 Å². The van der Waals surface area contributed by atoms with Crippen molar-refractivity contribution in [3.63, 3.8) is 0 Å². The lowest BCUT2D eigenvalue weighted by molar-refractivity contribution is 0.0696. The lowest BCUT2D eigenvalue weighted by atomic mass is 10.2. The zero-order valence-electron chi connectivity index (χ0n) is 11.2. The first-order valence-corrected chi connectivity index (χ1v) is 6.63. The molecule has 0 amide bonds. The Hall–Kier alpha value is -1.58. The number of pyridine rings is 1. The molecule has 0 radical (unpaired) electrons. The van der Waals surface area contributed by atoms with Gasteiger partial charge in [-0.2, -0.15) is 0 Å². The van der Waals surface area contributed by atoms with Crippen LogP contribution in [0.4, 0.5) is 5.82 Å². The van der Waals surface area contributed by atoms with Crippen molar-refractivity contribution in [1.82, 2.24) is 4.98 Å². The van der Waals surface area contributed by atoms with Crippen LogP contribution in [0, 0.1) is 0 Å². The minimum absolute atomic E-state index is 0.240. The van der Waals surface area contributed by atoms with E-state index in [2.05, 4.69) is 23.7 Å². The first kappa shape index (κ1) is 14.5. The fourth-order valence-electron chi connectivity index (χ4n) is 1.74. The van der Waals surface area contributed by atoms with Crippen molar-refractivity contribution >= 4 is 11.8 Å². The summed E-state index contributed by atoms with van der Waals surface area (Å²) in [5.41, 5.74) is 0.240. The van der Waals surface area contributed by atoms with Gasteiger partial charge in [-0.3, -0.25) is 0 Å². The Kier molecular flexibility index (Phi) is 6.19. The molecule has 100 valence electrons. The molecule has 0 aliphatic carbocycles. The van der Waals surface area contributed by atoms with E-state index < -0.39 is 5.97 Å². The van der Waals surface area contributed by atoms with E-state index in [9.17, 15) is 4.79 Å². The highest BCUT2D eigenvalue weighted by Gasteiger charge is 2.08. The van der Waals surface area contributed by atoms with Crippen LogP contribution < -0.4 is 4.90 Å². The number of nitrogens with zero attached hydrogens (tertiary/aromatic N) is 2. The fourth-order valence-corrected chi connectivity index (χ4v) is 1.74. The van der Waals surface area contributed by atoms with Gasteiger partial charge in [-0.15, -0.1) is 0 Å². The van der Waals surface area contributed by atoms with E-state index >= 15 is 0 Å². The van der Waals surface area contributed by atoms with Crippen LogP contribution in [0.3, 0.4) is 0 Å². The number of hydrogen-bond donors (Lipinski definition) is 1. The lowest BCUT2D eigenvalue weighted by Gasteiger charge is -2.23. The van der Waals surface area contributed by atoms with Crippen molar-refractivity contribution in [2.75, 3.05) is 18.0 Å². The Morgan fingerprint density at radius 2 is 1.83 bits per heavy atom. The number of carboxylic acids is 1. The van der Waals surface area contributed by atoms with Gasteiger partial charge >= 0.3 is 5.97 Å². The van der Waals surface area contributed by atoms with Gasteiger partial charge in [-0.05, 0) is 25.0 Å². The van der Waals surface area contributed by atoms with Crippen LogP contribution in [0.25, 0.3) is 0 Å². The van der Waals surface area contributed by atoms with Crippen molar-refractivity contribution in [3.8, 4) is 0 Å². The number of rotatable bonds is 8. The van der Waals surface area contributed by atoms with E-state index in [1.165, 1.54) is 6.20 Å². The second kappa shape index (κ2) is 7.69. The summed E-state index contributed by atoms with van der Waals surface area (Å²) in [5, 5.41) is 8.84. The van der Waals surface area contributed by atoms with Gasteiger partial charge < -0.3 is 10.0 Å². The molecule has 1 aromatic heterocycles. The first-order valence-electron chi connectivity index (χ1n) is 6.63. The molecule has 0 aromatic carbocycles. The molecule has 1 N–H and O–H groups in total. The third kappa shape index (κ3) is 4.35. The first-order chi connectivity index (χ1) is 8.69. The van der Waals surface area contributed by atoms with Crippen LogP contribution in [0.2, 0.25) is 0 Å². The minimum atomic E-state index is -0.928. The maximum absolute atomic E-state index is 10.8. The van der Waals surface area contributed by atoms with Crippen molar-refractivity contribution in [2.45, 2.75) is 39.5 Å². The molecule has 1 aromatic rings. The van der Waals surface area contributed by atoms with Crippen molar-refractivity contribution in [2.24, 2.45) is 0 Å². The Morgan fingerprint density at radius 3 is 2.22 bits per heavy atom. The van der Waals surface area contributed by atoms with Crippen molar-refractivity contribution < 1.29 is 9.90 Å². The number of aromatic nitrogens is 1. The van der Waals surface area contributed by atoms with Crippen LogP contribution in [0.5, 0.6) is 0 Å². The summed E-state index contributed by atoms with van der Waals surface area (Å²) in [6, 6.07) is 3.42. The largest absolute Gasteiger partial charge is 0.478 e. The molecule has 0 atom stereocenters. The minimum Gasteiger partial charge on any atom is -0.478 e. The maximum atomic E-state index is 10.8. The fraction of sp³-hybridized carbons (Fsp3) is 0.571. The van der Waals surface area contributed by atoms with Crippen LogP contribution in [0.15, 0.2) is 18.3 Å². The van der Waals surface area contributed by atoms with Gasteiger partial charge in [-0.25, -0.2) is 9.78 Å². The summed E-state index contributed by atoms with van der Waals surface area (Å²) < 4.78 is 0. The van der Waals surface area contributed by atoms with Crippen LogP contribution in [0.1, 0.15) is 49.9 Å². The Balaban J connectivity index is 2.73. The van der Waals surface area contributed by atoms with Crippen molar-refractivity contribution in [3.05, 3.63) is 23.9 Å². The van der Waals surface area contributed by atoms with Crippen molar-refractivity contribution in [1.29, 1.82) is 0 Å². The monoisotopic (exact) mass is 250 g/mol. The third-order valence-corrected chi connectivity index (χ3v) is 2.88. The van der Waals surface area contributed by atoms with E-state index in [0.29, 0.717) is 0 Å². The molecule has 4 nitrogen and oxygen atoms in total. The molecule has 1 rings (SSSR count). The van der Waals surface area contributed by atoms with Crippen LogP contribution in [-0.4, -0.2) is 29.1 Å². The topological polar surface area (TPSA) is 53.4 Å². The molecule has 4 heteroatoms. The van der Waals surface area contributed by atoms with E-state index in [0.717, 1.165) is 44.6 Å². The number of carboxylic acid groups (broad SMARTS) is 1. The average Bonchev–Trinajstić information content (AvgIpc) is 2.39. The molecular weight excluding hydrogens is 228 g/mol. The average molecular weight is 250 g/mol. The van der Waals surface area contributed by atoms with Gasteiger partial charge in [0.05, 0.1) is 5.56 Å². The molecule has 0 spiro atoms. The standard InChI is InChI=1S/C14H22N2O2/c1-3-5-9-16(10-6-4-2)13-8-7-12(11-15-13)14(17)18/h7-8,11H,3-6,9-10H2,1-2H3,(H,17,18). The SMILES string of the molecule is CCCCN(CCCC)c1ccc(C(=O)O)cn1.